The van der Waals surface area contributed by atoms with Gasteiger partial charge in [-0.15, -0.1) is 5.10 Å². The predicted octanol–water partition coefficient (Wildman–Crippen LogP) is 1.98. The normalized spacial score (nSPS) is 16.7. The molecule has 0 radical (unpaired) electrons. The first kappa shape index (κ1) is 10.9. The molecule has 90 valence electrons. The lowest BCUT2D eigenvalue weighted by Gasteiger charge is -2.38. The second-order valence-electron chi connectivity index (χ2n) is 4.45. The average molecular weight is 240 g/mol. The lowest BCUT2D eigenvalue weighted by Crippen LogP contribution is -2.33. The van der Waals surface area contributed by atoms with E-state index in [2.05, 4.69) is 15.3 Å². The summed E-state index contributed by atoms with van der Waals surface area (Å²) in [4.78, 5) is 14.7. The number of benzene rings is 1. The Bertz CT molecular complexity index is 595. The van der Waals surface area contributed by atoms with Crippen molar-refractivity contribution < 1.29 is 4.79 Å². The molecule has 0 aliphatic heterocycles. The Morgan fingerprint density at radius 2 is 2.17 bits per heavy atom. The van der Waals surface area contributed by atoms with Gasteiger partial charge in [0, 0.05) is 5.56 Å². The topological polar surface area (TPSA) is 60.1 Å². The number of nitrogens with zero attached hydrogens (tertiary/aromatic N) is 4. The van der Waals surface area contributed by atoms with Gasteiger partial charge in [0.25, 0.3) is 0 Å². The SMILES string of the molecule is O=C=NC1(c2ccccc2-n2ccnn2)CCC1. The summed E-state index contributed by atoms with van der Waals surface area (Å²) >= 11 is 0. The standard InChI is InChI=1S/C13H12N4O/c18-10-14-13(6-3-7-13)11-4-1-2-5-12(11)17-9-8-15-16-17/h1-2,4-5,8-9H,3,6-7H2. The molecule has 1 aliphatic carbocycles. The fourth-order valence-electron chi connectivity index (χ4n) is 2.44. The summed E-state index contributed by atoms with van der Waals surface area (Å²) in [7, 11) is 0. The quantitative estimate of drug-likeness (QED) is 0.608. The van der Waals surface area contributed by atoms with E-state index in [0.29, 0.717) is 0 Å². The molecule has 0 bridgehead atoms. The zero-order valence-electron chi connectivity index (χ0n) is 9.78. The highest BCUT2D eigenvalue weighted by Crippen LogP contribution is 2.46. The van der Waals surface area contributed by atoms with Gasteiger partial charge in [-0.1, -0.05) is 23.4 Å². The third-order valence-electron chi connectivity index (χ3n) is 3.52. The van der Waals surface area contributed by atoms with Crippen LogP contribution in [0.1, 0.15) is 24.8 Å². The summed E-state index contributed by atoms with van der Waals surface area (Å²) in [5.41, 5.74) is 1.53. The summed E-state index contributed by atoms with van der Waals surface area (Å²) in [6.45, 7) is 0. The molecule has 0 saturated heterocycles. The molecule has 1 aliphatic rings. The fraction of sp³-hybridized carbons (Fsp3) is 0.308. The number of rotatable bonds is 3. The molecule has 0 unspecified atom stereocenters. The van der Waals surface area contributed by atoms with Crippen molar-refractivity contribution in [1.29, 1.82) is 0 Å². The first-order chi connectivity index (χ1) is 8.86. The number of isocyanates is 1. The van der Waals surface area contributed by atoms with Gasteiger partial charge in [0.2, 0.25) is 6.08 Å². The van der Waals surface area contributed by atoms with Crippen molar-refractivity contribution in [3.8, 4) is 5.69 Å². The molecule has 1 aromatic carbocycles. The highest BCUT2D eigenvalue weighted by molar-refractivity contribution is 5.48. The van der Waals surface area contributed by atoms with E-state index in [9.17, 15) is 4.79 Å². The van der Waals surface area contributed by atoms with Crippen molar-refractivity contribution in [2.75, 3.05) is 0 Å². The minimum Gasteiger partial charge on any atom is -0.220 e. The first-order valence-electron chi connectivity index (χ1n) is 5.91. The van der Waals surface area contributed by atoms with Gasteiger partial charge >= 0.3 is 0 Å². The molecule has 1 fully saturated rings. The van der Waals surface area contributed by atoms with Gasteiger partial charge in [0.15, 0.2) is 0 Å². The number of aromatic nitrogens is 3. The lowest BCUT2D eigenvalue weighted by atomic mass is 9.72. The van der Waals surface area contributed by atoms with E-state index in [0.717, 1.165) is 30.5 Å². The van der Waals surface area contributed by atoms with Crippen LogP contribution in [-0.4, -0.2) is 21.1 Å². The van der Waals surface area contributed by atoms with Crippen LogP contribution >= 0.6 is 0 Å². The van der Waals surface area contributed by atoms with Crippen LogP contribution < -0.4 is 0 Å². The molecule has 1 heterocycles. The van der Waals surface area contributed by atoms with E-state index < -0.39 is 5.54 Å². The summed E-state index contributed by atoms with van der Waals surface area (Å²) in [5, 5.41) is 7.82. The monoisotopic (exact) mass is 240 g/mol. The largest absolute Gasteiger partial charge is 0.235 e. The number of aliphatic imine (C=N–C) groups is 1. The Morgan fingerprint density at radius 3 is 2.78 bits per heavy atom. The molecular formula is C13H12N4O. The van der Waals surface area contributed by atoms with Crippen LogP contribution in [0.2, 0.25) is 0 Å². The minimum atomic E-state index is -0.412. The van der Waals surface area contributed by atoms with Crippen LogP contribution in [0.5, 0.6) is 0 Å². The maximum absolute atomic E-state index is 10.7. The predicted molar refractivity (Wildman–Crippen MR) is 65.0 cm³/mol. The summed E-state index contributed by atoms with van der Waals surface area (Å²) in [6.07, 6.45) is 7.98. The van der Waals surface area contributed by atoms with Gasteiger partial charge in [0.1, 0.15) is 5.54 Å². The molecule has 0 spiro atoms. The molecule has 0 amide bonds. The third-order valence-corrected chi connectivity index (χ3v) is 3.52. The molecule has 5 nitrogen and oxygen atoms in total. The zero-order valence-corrected chi connectivity index (χ0v) is 9.78. The van der Waals surface area contributed by atoms with Crippen molar-refractivity contribution >= 4 is 6.08 Å². The molecule has 3 rings (SSSR count). The van der Waals surface area contributed by atoms with E-state index in [-0.39, 0.29) is 0 Å². The molecule has 0 N–H and O–H groups in total. The maximum Gasteiger partial charge on any atom is 0.235 e. The van der Waals surface area contributed by atoms with Crippen LogP contribution in [0.3, 0.4) is 0 Å². The number of para-hydroxylation sites is 1. The summed E-state index contributed by atoms with van der Waals surface area (Å²) in [6, 6.07) is 7.86. The van der Waals surface area contributed by atoms with Gasteiger partial charge in [-0.2, -0.15) is 4.99 Å². The van der Waals surface area contributed by atoms with E-state index in [1.165, 1.54) is 0 Å². The maximum atomic E-state index is 10.7. The Labute approximate surface area is 104 Å². The second kappa shape index (κ2) is 4.20. The van der Waals surface area contributed by atoms with Gasteiger partial charge in [0.05, 0.1) is 18.1 Å². The molecule has 2 aromatic rings. The number of hydrogen-bond donors (Lipinski definition) is 0. The van der Waals surface area contributed by atoms with E-state index in [1.54, 1.807) is 23.2 Å². The molecule has 1 saturated carbocycles. The number of carbonyl (C=O) groups excluding carboxylic acids is 1. The Morgan fingerprint density at radius 1 is 1.33 bits per heavy atom. The van der Waals surface area contributed by atoms with E-state index in [1.807, 2.05) is 24.3 Å². The average Bonchev–Trinajstić information content (AvgIpc) is 2.88. The molecule has 18 heavy (non-hydrogen) atoms. The Hall–Kier alpha value is -2.26. The van der Waals surface area contributed by atoms with E-state index in [4.69, 9.17) is 0 Å². The van der Waals surface area contributed by atoms with Gasteiger partial charge in [-0.05, 0) is 25.3 Å². The van der Waals surface area contributed by atoms with Crippen molar-refractivity contribution in [2.24, 2.45) is 4.99 Å². The van der Waals surface area contributed by atoms with Crippen molar-refractivity contribution in [1.82, 2.24) is 15.0 Å². The third kappa shape index (κ3) is 1.57. The Balaban J connectivity index is 2.15. The highest BCUT2D eigenvalue weighted by atomic mass is 16.1. The van der Waals surface area contributed by atoms with Gasteiger partial charge < -0.3 is 0 Å². The smallest absolute Gasteiger partial charge is 0.220 e. The molecular weight excluding hydrogens is 228 g/mol. The minimum absolute atomic E-state index is 0.412. The fourth-order valence-corrected chi connectivity index (χ4v) is 2.44. The van der Waals surface area contributed by atoms with Gasteiger partial charge in [-0.3, -0.25) is 0 Å². The zero-order chi connectivity index (χ0) is 12.4. The van der Waals surface area contributed by atoms with E-state index >= 15 is 0 Å². The second-order valence-corrected chi connectivity index (χ2v) is 4.45. The van der Waals surface area contributed by atoms with Crippen LogP contribution in [0.15, 0.2) is 41.7 Å². The van der Waals surface area contributed by atoms with Crippen LogP contribution in [0, 0.1) is 0 Å². The molecule has 1 aromatic heterocycles. The van der Waals surface area contributed by atoms with Crippen LogP contribution in [0.25, 0.3) is 5.69 Å². The number of hydrogen-bond acceptors (Lipinski definition) is 4. The summed E-state index contributed by atoms with van der Waals surface area (Å²) < 4.78 is 1.70. The van der Waals surface area contributed by atoms with Gasteiger partial charge in [-0.25, -0.2) is 9.48 Å². The molecule has 0 atom stereocenters. The lowest BCUT2D eigenvalue weighted by molar-refractivity contribution is 0.255. The van der Waals surface area contributed by atoms with Crippen LogP contribution in [-0.2, 0) is 10.3 Å². The van der Waals surface area contributed by atoms with Crippen molar-refractivity contribution in [3.63, 3.8) is 0 Å². The highest BCUT2D eigenvalue weighted by Gasteiger charge is 2.40. The van der Waals surface area contributed by atoms with Crippen molar-refractivity contribution in [3.05, 3.63) is 42.2 Å². The van der Waals surface area contributed by atoms with Crippen molar-refractivity contribution in [2.45, 2.75) is 24.8 Å². The summed E-state index contributed by atoms with van der Waals surface area (Å²) in [5.74, 6) is 0. The van der Waals surface area contributed by atoms with Crippen LogP contribution in [0.4, 0.5) is 0 Å². The molecule has 5 heteroatoms. The Kier molecular flexibility index (Phi) is 2.54. The first-order valence-corrected chi connectivity index (χ1v) is 5.91.